The minimum absolute atomic E-state index is 0.140. The summed E-state index contributed by atoms with van der Waals surface area (Å²) < 4.78 is 16.8. The second kappa shape index (κ2) is 10.4. The molecule has 2 aromatic carbocycles. The number of amides is 2. The number of imide groups is 1. The Labute approximate surface area is 184 Å². The van der Waals surface area contributed by atoms with Crippen molar-refractivity contribution in [3.63, 3.8) is 0 Å². The van der Waals surface area contributed by atoms with Gasteiger partial charge in [-0.05, 0) is 61.5 Å². The van der Waals surface area contributed by atoms with Gasteiger partial charge in [-0.2, -0.15) is 0 Å². The molecule has 158 valence electrons. The predicted octanol–water partition coefficient (Wildman–Crippen LogP) is 5.25. The first-order chi connectivity index (χ1) is 14.5. The summed E-state index contributed by atoms with van der Waals surface area (Å²) in [5.74, 6) is 1.40. The number of carbonyl (C=O) groups excluding carboxylic acids is 2. The number of hydrogen-bond donors (Lipinski definition) is 0. The SMILES string of the molecule is CCOc1ccc(/C=C2\SC(=O)N(CCOc3ccccc3Cl)C2=O)cc1OCC. The van der Waals surface area contributed by atoms with Gasteiger partial charge in [0.05, 0.1) is 29.7 Å². The summed E-state index contributed by atoms with van der Waals surface area (Å²) in [5.41, 5.74) is 0.750. The van der Waals surface area contributed by atoms with E-state index < -0.39 is 0 Å². The van der Waals surface area contributed by atoms with E-state index in [2.05, 4.69) is 0 Å². The van der Waals surface area contributed by atoms with Crippen LogP contribution in [0.1, 0.15) is 19.4 Å². The molecule has 1 fully saturated rings. The highest BCUT2D eigenvalue weighted by molar-refractivity contribution is 8.18. The number of para-hydroxylation sites is 1. The fourth-order valence-electron chi connectivity index (χ4n) is 2.81. The smallest absolute Gasteiger partial charge is 0.293 e. The lowest BCUT2D eigenvalue weighted by Crippen LogP contribution is -2.32. The topological polar surface area (TPSA) is 65.1 Å². The zero-order chi connectivity index (χ0) is 21.5. The van der Waals surface area contributed by atoms with E-state index in [1.165, 1.54) is 4.90 Å². The van der Waals surface area contributed by atoms with Crippen molar-refractivity contribution in [2.45, 2.75) is 13.8 Å². The largest absolute Gasteiger partial charge is 0.490 e. The maximum Gasteiger partial charge on any atom is 0.293 e. The Balaban J connectivity index is 1.68. The minimum Gasteiger partial charge on any atom is -0.490 e. The molecule has 0 spiro atoms. The molecule has 1 heterocycles. The molecule has 0 saturated carbocycles. The van der Waals surface area contributed by atoms with E-state index in [0.29, 0.717) is 40.4 Å². The molecule has 1 saturated heterocycles. The summed E-state index contributed by atoms with van der Waals surface area (Å²) in [6.07, 6.45) is 1.68. The van der Waals surface area contributed by atoms with Gasteiger partial charge in [-0.3, -0.25) is 14.5 Å². The van der Waals surface area contributed by atoms with Crippen LogP contribution in [0.3, 0.4) is 0 Å². The van der Waals surface area contributed by atoms with E-state index in [0.717, 1.165) is 17.3 Å². The van der Waals surface area contributed by atoms with Crippen LogP contribution in [0, 0.1) is 0 Å². The third-order valence-electron chi connectivity index (χ3n) is 4.15. The maximum absolute atomic E-state index is 12.7. The highest BCUT2D eigenvalue weighted by Crippen LogP contribution is 2.34. The molecule has 30 heavy (non-hydrogen) atoms. The van der Waals surface area contributed by atoms with Crippen LogP contribution in [0.15, 0.2) is 47.4 Å². The minimum atomic E-state index is -0.348. The van der Waals surface area contributed by atoms with Crippen LogP contribution in [-0.2, 0) is 4.79 Å². The summed E-state index contributed by atoms with van der Waals surface area (Å²) in [5, 5.41) is 0.150. The molecule has 0 N–H and O–H groups in total. The molecular formula is C22H22ClNO5S. The number of carbonyl (C=O) groups is 2. The quantitative estimate of drug-likeness (QED) is 0.489. The van der Waals surface area contributed by atoms with Crippen LogP contribution in [-0.4, -0.2) is 42.4 Å². The number of halogens is 1. The molecule has 0 aliphatic carbocycles. The third-order valence-corrected chi connectivity index (χ3v) is 5.37. The number of hydrogen-bond acceptors (Lipinski definition) is 6. The van der Waals surface area contributed by atoms with Crippen LogP contribution in [0.2, 0.25) is 5.02 Å². The first-order valence-electron chi connectivity index (χ1n) is 9.55. The Morgan fingerprint density at radius 3 is 2.43 bits per heavy atom. The molecule has 0 unspecified atom stereocenters. The lowest BCUT2D eigenvalue weighted by atomic mass is 10.2. The second-order valence-electron chi connectivity index (χ2n) is 6.18. The maximum atomic E-state index is 12.7. The molecule has 0 atom stereocenters. The molecular weight excluding hydrogens is 426 g/mol. The molecule has 0 aromatic heterocycles. The third kappa shape index (κ3) is 5.29. The fourth-order valence-corrected chi connectivity index (χ4v) is 3.87. The number of rotatable bonds is 9. The lowest BCUT2D eigenvalue weighted by molar-refractivity contribution is -0.123. The molecule has 0 radical (unpaired) electrons. The van der Waals surface area contributed by atoms with Gasteiger partial charge >= 0.3 is 0 Å². The van der Waals surface area contributed by atoms with Gasteiger partial charge in [0, 0.05) is 0 Å². The van der Waals surface area contributed by atoms with Gasteiger partial charge in [0.25, 0.3) is 11.1 Å². The van der Waals surface area contributed by atoms with Crippen molar-refractivity contribution in [1.29, 1.82) is 0 Å². The molecule has 1 aliphatic rings. The van der Waals surface area contributed by atoms with E-state index in [4.69, 9.17) is 25.8 Å². The summed E-state index contributed by atoms with van der Waals surface area (Å²) in [6.45, 7) is 5.10. The van der Waals surface area contributed by atoms with Crippen LogP contribution in [0.25, 0.3) is 6.08 Å². The van der Waals surface area contributed by atoms with Crippen molar-refractivity contribution in [1.82, 2.24) is 4.90 Å². The van der Waals surface area contributed by atoms with Crippen molar-refractivity contribution < 1.29 is 23.8 Å². The van der Waals surface area contributed by atoms with Crippen molar-refractivity contribution >= 4 is 40.6 Å². The Morgan fingerprint density at radius 2 is 1.70 bits per heavy atom. The average Bonchev–Trinajstić information content (AvgIpc) is 2.99. The fraction of sp³-hybridized carbons (Fsp3) is 0.273. The van der Waals surface area contributed by atoms with Gasteiger partial charge in [-0.15, -0.1) is 0 Å². The number of thioether (sulfide) groups is 1. The highest BCUT2D eigenvalue weighted by atomic mass is 35.5. The second-order valence-corrected chi connectivity index (χ2v) is 7.58. The van der Waals surface area contributed by atoms with E-state index >= 15 is 0 Å². The van der Waals surface area contributed by atoms with Crippen LogP contribution in [0.5, 0.6) is 17.2 Å². The van der Waals surface area contributed by atoms with Gasteiger partial charge in [0.15, 0.2) is 11.5 Å². The zero-order valence-corrected chi connectivity index (χ0v) is 18.3. The summed E-state index contributed by atoms with van der Waals surface area (Å²) in [6, 6.07) is 12.5. The van der Waals surface area contributed by atoms with Gasteiger partial charge < -0.3 is 14.2 Å². The standard InChI is InChI=1S/C22H22ClNO5S/c1-3-27-18-10-9-15(13-19(18)28-4-2)14-20-21(25)24(22(26)30-20)11-12-29-17-8-6-5-7-16(17)23/h5-10,13-14H,3-4,11-12H2,1-2H3/b20-14-. The van der Waals surface area contributed by atoms with Crippen molar-refractivity contribution in [3.8, 4) is 17.2 Å². The van der Waals surface area contributed by atoms with Gasteiger partial charge in [0.1, 0.15) is 12.4 Å². The van der Waals surface area contributed by atoms with Crippen molar-refractivity contribution in [3.05, 3.63) is 58.0 Å². The summed E-state index contributed by atoms with van der Waals surface area (Å²) >= 11 is 6.96. The van der Waals surface area contributed by atoms with E-state index in [9.17, 15) is 9.59 Å². The Hall–Kier alpha value is -2.64. The van der Waals surface area contributed by atoms with E-state index in [1.54, 1.807) is 42.5 Å². The molecule has 6 nitrogen and oxygen atoms in total. The summed E-state index contributed by atoms with van der Waals surface area (Å²) in [7, 11) is 0. The van der Waals surface area contributed by atoms with Crippen LogP contribution >= 0.6 is 23.4 Å². The Kier molecular flexibility index (Phi) is 7.65. The average molecular weight is 448 g/mol. The normalized spacial score (nSPS) is 15.0. The monoisotopic (exact) mass is 447 g/mol. The van der Waals surface area contributed by atoms with Crippen LogP contribution < -0.4 is 14.2 Å². The van der Waals surface area contributed by atoms with Crippen molar-refractivity contribution in [2.75, 3.05) is 26.4 Å². The molecule has 1 aliphatic heterocycles. The molecule has 2 amide bonds. The van der Waals surface area contributed by atoms with Crippen LogP contribution in [0.4, 0.5) is 4.79 Å². The van der Waals surface area contributed by atoms with Gasteiger partial charge in [-0.25, -0.2) is 0 Å². The van der Waals surface area contributed by atoms with Gasteiger partial charge in [-0.1, -0.05) is 29.8 Å². The zero-order valence-electron chi connectivity index (χ0n) is 16.7. The first-order valence-corrected chi connectivity index (χ1v) is 10.7. The van der Waals surface area contributed by atoms with Crippen molar-refractivity contribution in [2.24, 2.45) is 0 Å². The lowest BCUT2D eigenvalue weighted by Gasteiger charge is -2.14. The molecule has 0 bridgehead atoms. The van der Waals surface area contributed by atoms with Gasteiger partial charge in [0.2, 0.25) is 0 Å². The Morgan fingerprint density at radius 1 is 0.967 bits per heavy atom. The number of benzene rings is 2. The number of nitrogens with zero attached hydrogens (tertiary/aromatic N) is 1. The molecule has 2 aromatic rings. The summed E-state index contributed by atoms with van der Waals surface area (Å²) in [4.78, 5) is 26.5. The molecule has 3 rings (SSSR count). The number of ether oxygens (including phenoxy) is 3. The van der Waals surface area contributed by atoms with E-state index in [1.807, 2.05) is 19.9 Å². The molecule has 8 heteroatoms. The Bertz CT molecular complexity index is 962. The first kappa shape index (κ1) is 22.1. The highest BCUT2D eigenvalue weighted by Gasteiger charge is 2.34. The van der Waals surface area contributed by atoms with E-state index in [-0.39, 0.29) is 24.3 Å². The predicted molar refractivity (Wildman–Crippen MR) is 118 cm³/mol.